The smallest absolute Gasteiger partial charge is 0.254 e. The zero-order valence-corrected chi connectivity index (χ0v) is 12.2. The molecule has 7 heteroatoms. The average molecular weight is 303 g/mol. The Bertz CT molecular complexity index is 651. The fourth-order valence-electron chi connectivity index (χ4n) is 2.84. The van der Waals surface area contributed by atoms with Crippen LogP contribution in [0, 0.1) is 5.82 Å². The van der Waals surface area contributed by atoms with Crippen LogP contribution in [0.4, 0.5) is 4.39 Å². The van der Waals surface area contributed by atoms with Crippen LogP contribution in [0.5, 0.6) is 0 Å². The normalized spacial score (nSPS) is 15.7. The number of benzene rings is 1. The van der Waals surface area contributed by atoms with Gasteiger partial charge in [0.25, 0.3) is 5.91 Å². The Balaban J connectivity index is 1.66. The molecular formula is C15H18FN5O. The highest BCUT2D eigenvalue weighted by Crippen LogP contribution is 2.27. The first-order valence-electron chi connectivity index (χ1n) is 7.55. The van der Waals surface area contributed by atoms with Crippen molar-refractivity contribution in [3.63, 3.8) is 0 Å². The van der Waals surface area contributed by atoms with Gasteiger partial charge in [0.05, 0.1) is 18.2 Å². The van der Waals surface area contributed by atoms with Crippen molar-refractivity contribution in [1.29, 1.82) is 0 Å². The standard InChI is InChI=1S/C15H18FN5O/c16-13-9-5-4-8-12(13)15(22)17-10-14-18-19-20-21(14)11-6-2-1-3-7-11/h4-5,8-9,11H,1-3,6-7,10H2,(H,17,22). The number of tetrazole rings is 1. The zero-order chi connectivity index (χ0) is 15.4. The number of carbonyl (C=O) groups excluding carboxylic acids is 1. The van der Waals surface area contributed by atoms with E-state index in [1.165, 1.54) is 31.4 Å². The summed E-state index contributed by atoms with van der Waals surface area (Å²) >= 11 is 0. The zero-order valence-electron chi connectivity index (χ0n) is 12.2. The molecule has 0 saturated heterocycles. The molecule has 6 nitrogen and oxygen atoms in total. The minimum Gasteiger partial charge on any atom is -0.345 e. The molecule has 1 aromatic carbocycles. The Morgan fingerprint density at radius 2 is 2.05 bits per heavy atom. The van der Waals surface area contributed by atoms with E-state index in [2.05, 4.69) is 20.8 Å². The van der Waals surface area contributed by atoms with E-state index in [4.69, 9.17) is 0 Å². The first kappa shape index (κ1) is 14.6. The summed E-state index contributed by atoms with van der Waals surface area (Å²) in [6.45, 7) is 0.191. The second kappa shape index (κ2) is 6.64. The Morgan fingerprint density at radius 3 is 2.82 bits per heavy atom. The van der Waals surface area contributed by atoms with Gasteiger partial charge in [0.15, 0.2) is 5.82 Å². The molecule has 1 saturated carbocycles. The van der Waals surface area contributed by atoms with Crippen LogP contribution in [-0.2, 0) is 6.54 Å². The molecule has 0 radical (unpaired) electrons. The molecule has 22 heavy (non-hydrogen) atoms. The summed E-state index contributed by atoms with van der Waals surface area (Å²) in [5.74, 6) is -0.389. The molecule has 3 rings (SSSR count). The molecular weight excluding hydrogens is 285 g/mol. The van der Waals surface area contributed by atoms with Gasteiger partial charge in [0, 0.05) is 0 Å². The number of rotatable bonds is 4. The number of hydrogen-bond acceptors (Lipinski definition) is 4. The maximum Gasteiger partial charge on any atom is 0.254 e. The van der Waals surface area contributed by atoms with Gasteiger partial charge in [0.1, 0.15) is 5.82 Å². The number of halogens is 1. The van der Waals surface area contributed by atoms with E-state index in [1.54, 1.807) is 16.8 Å². The fraction of sp³-hybridized carbons (Fsp3) is 0.467. The third kappa shape index (κ3) is 3.13. The number of amides is 1. The van der Waals surface area contributed by atoms with Crippen molar-refractivity contribution in [3.05, 3.63) is 41.5 Å². The van der Waals surface area contributed by atoms with E-state index >= 15 is 0 Å². The Hall–Kier alpha value is -2.31. The summed E-state index contributed by atoms with van der Waals surface area (Å²) < 4.78 is 15.4. The minimum absolute atomic E-state index is 0.0270. The summed E-state index contributed by atoms with van der Waals surface area (Å²) in [6, 6.07) is 6.19. The maximum atomic E-state index is 13.6. The third-order valence-corrected chi connectivity index (χ3v) is 4.01. The van der Waals surface area contributed by atoms with Crippen LogP contribution in [0.2, 0.25) is 0 Å². The molecule has 116 valence electrons. The SMILES string of the molecule is O=C(NCc1nnnn1C1CCCCC1)c1ccccc1F. The van der Waals surface area contributed by atoms with Crippen molar-refractivity contribution >= 4 is 5.91 Å². The summed E-state index contributed by atoms with van der Waals surface area (Å²) in [5, 5.41) is 14.4. The van der Waals surface area contributed by atoms with Crippen molar-refractivity contribution in [2.75, 3.05) is 0 Å². The number of hydrogen-bond donors (Lipinski definition) is 1. The number of aromatic nitrogens is 4. The van der Waals surface area contributed by atoms with E-state index in [1.807, 2.05) is 0 Å². The van der Waals surface area contributed by atoms with Gasteiger partial charge in [0.2, 0.25) is 0 Å². The Morgan fingerprint density at radius 1 is 1.27 bits per heavy atom. The predicted molar refractivity (Wildman–Crippen MR) is 77.5 cm³/mol. The average Bonchev–Trinajstić information content (AvgIpc) is 3.02. The topological polar surface area (TPSA) is 72.7 Å². The highest BCUT2D eigenvalue weighted by molar-refractivity contribution is 5.94. The van der Waals surface area contributed by atoms with Crippen LogP contribution in [0.1, 0.15) is 54.3 Å². The predicted octanol–water partition coefficient (Wildman–Crippen LogP) is 2.25. The lowest BCUT2D eigenvalue weighted by molar-refractivity contribution is 0.0944. The van der Waals surface area contributed by atoms with Crippen LogP contribution in [0.15, 0.2) is 24.3 Å². The van der Waals surface area contributed by atoms with Gasteiger partial charge >= 0.3 is 0 Å². The van der Waals surface area contributed by atoms with Crippen molar-refractivity contribution < 1.29 is 9.18 Å². The van der Waals surface area contributed by atoms with E-state index in [0.29, 0.717) is 11.9 Å². The lowest BCUT2D eigenvalue weighted by Gasteiger charge is -2.22. The van der Waals surface area contributed by atoms with E-state index in [-0.39, 0.29) is 12.1 Å². The molecule has 0 unspecified atom stereocenters. The van der Waals surface area contributed by atoms with Gasteiger partial charge in [-0.15, -0.1) is 5.10 Å². The molecule has 0 spiro atoms. The van der Waals surface area contributed by atoms with Gasteiger partial charge in [-0.25, -0.2) is 9.07 Å². The molecule has 1 aliphatic rings. The molecule has 0 aliphatic heterocycles. The summed E-state index contributed by atoms with van der Waals surface area (Å²) in [4.78, 5) is 12.0. The Labute approximate surface area is 127 Å². The summed E-state index contributed by atoms with van der Waals surface area (Å²) in [5.41, 5.74) is 0.0270. The quantitative estimate of drug-likeness (QED) is 0.940. The molecule has 2 aromatic rings. The molecule has 1 N–H and O–H groups in total. The summed E-state index contributed by atoms with van der Waals surface area (Å²) in [7, 11) is 0. The van der Waals surface area contributed by atoms with E-state index < -0.39 is 11.7 Å². The van der Waals surface area contributed by atoms with Gasteiger partial charge in [-0.1, -0.05) is 31.4 Å². The van der Waals surface area contributed by atoms with Gasteiger partial charge in [-0.3, -0.25) is 4.79 Å². The molecule has 1 aliphatic carbocycles. The number of carbonyl (C=O) groups is 1. The van der Waals surface area contributed by atoms with Crippen molar-refractivity contribution in [3.8, 4) is 0 Å². The van der Waals surface area contributed by atoms with Gasteiger partial charge in [-0.2, -0.15) is 0 Å². The Kier molecular flexibility index (Phi) is 4.41. The van der Waals surface area contributed by atoms with Crippen molar-refractivity contribution in [2.24, 2.45) is 0 Å². The second-order valence-electron chi connectivity index (χ2n) is 5.49. The molecule has 1 aromatic heterocycles. The van der Waals surface area contributed by atoms with Gasteiger partial charge in [-0.05, 0) is 35.4 Å². The highest BCUT2D eigenvalue weighted by Gasteiger charge is 2.20. The first-order valence-corrected chi connectivity index (χ1v) is 7.55. The van der Waals surface area contributed by atoms with Crippen molar-refractivity contribution in [1.82, 2.24) is 25.5 Å². The second-order valence-corrected chi connectivity index (χ2v) is 5.49. The number of nitrogens with zero attached hydrogens (tertiary/aromatic N) is 4. The minimum atomic E-state index is -0.535. The van der Waals surface area contributed by atoms with Gasteiger partial charge < -0.3 is 5.32 Å². The molecule has 1 amide bonds. The third-order valence-electron chi connectivity index (χ3n) is 4.01. The highest BCUT2D eigenvalue weighted by atomic mass is 19.1. The van der Waals surface area contributed by atoms with Crippen molar-refractivity contribution in [2.45, 2.75) is 44.7 Å². The first-order chi connectivity index (χ1) is 10.8. The van der Waals surface area contributed by atoms with E-state index in [0.717, 1.165) is 12.8 Å². The molecule has 1 fully saturated rings. The van der Waals surface area contributed by atoms with Crippen LogP contribution in [0.3, 0.4) is 0 Å². The lowest BCUT2D eigenvalue weighted by atomic mass is 9.95. The molecule has 0 atom stereocenters. The summed E-state index contributed by atoms with van der Waals surface area (Å²) in [6.07, 6.45) is 5.70. The van der Waals surface area contributed by atoms with Crippen LogP contribution >= 0.6 is 0 Å². The van der Waals surface area contributed by atoms with Crippen LogP contribution in [0.25, 0.3) is 0 Å². The van der Waals surface area contributed by atoms with Crippen LogP contribution in [-0.4, -0.2) is 26.1 Å². The van der Waals surface area contributed by atoms with Crippen LogP contribution < -0.4 is 5.32 Å². The lowest BCUT2D eigenvalue weighted by Crippen LogP contribution is -2.27. The molecule has 0 bridgehead atoms. The monoisotopic (exact) mass is 303 g/mol. The number of nitrogens with one attached hydrogen (secondary N) is 1. The van der Waals surface area contributed by atoms with E-state index in [9.17, 15) is 9.18 Å². The molecule has 1 heterocycles. The fourth-order valence-corrected chi connectivity index (χ4v) is 2.84. The largest absolute Gasteiger partial charge is 0.345 e. The maximum absolute atomic E-state index is 13.6.